The molecule has 1 aliphatic rings. The second-order valence-electron chi connectivity index (χ2n) is 6.39. The molecule has 5 heteroatoms. The highest BCUT2D eigenvalue weighted by atomic mass is 35.5. The van der Waals surface area contributed by atoms with Gasteiger partial charge in [0.25, 0.3) is 0 Å². The lowest BCUT2D eigenvalue weighted by Gasteiger charge is -2.36. The van der Waals surface area contributed by atoms with Crippen LogP contribution in [-0.4, -0.2) is 29.9 Å². The molecule has 0 spiro atoms. The molecule has 0 aliphatic carbocycles. The van der Waals surface area contributed by atoms with Crippen LogP contribution >= 0.6 is 23.2 Å². The van der Waals surface area contributed by atoms with E-state index in [-0.39, 0.29) is 17.9 Å². The fourth-order valence-corrected chi connectivity index (χ4v) is 3.54. The first kappa shape index (κ1) is 17.6. The first-order valence-corrected chi connectivity index (χ1v) is 8.62. The van der Waals surface area contributed by atoms with Gasteiger partial charge in [0.15, 0.2) is 0 Å². The predicted octanol–water partition coefficient (Wildman–Crippen LogP) is 3.76. The molecule has 2 rings (SSSR count). The van der Waals surface area contributed by atoms with E-state index in [1.807, 2.05) is 30.9 Å². The van der Waals surface area contributed by atoms with Crippen molar-refractivity contribution in [2.24, 2.45) is 17.6 Å². The van der Waals surface area contributed by atoms with Crippen LogP contribution in [0.4, 0.5) is 0 Å². The molecule has 0 bridgehead atoms. The number of rotatable bonds is 4. The Bertz CT molecular complexity index is 533. The first-order chi connectivity index (χ1) is 10.4. The Morgan fingerprint density at radius 3 is 2.77 bits per heavy atom. The normalized spacial score (nSPS) is 21.5. The number of hydrogen-bond acceptors (Lipinski definition) is 2. The van der Waals surface area contributed by atoms with Gasteiger partial charge in [0.1, 0.15) is 0 Å². The third-order valence-corrected chi connectivity index (χ3v) is 5.06. The van der Waals surface area contributed by atoms with Crippen LogP contribution in [0.5, 0.6) is 0 Å². The van der Waals surface area contributed by atoms with Gasteiger partial charge in [0, 0.05) is 35.1 Å². The van der Waals surface area contributed by atoms with Gasteiger partial charge < -0.3 is 10.6 Å². The lowest BCUT2D eigenvalue weighted by Crippen LogP contribution is -2.46. The number of nitrogens with zero attached hydrogens (tertiary/aromatic N) is 1. The van der Waals surface area contributed by atoms with Gasteiger partial charge in [-0.1, -0.05) is 36.2 Å². The second-order valence-corrected chi connectivity index (χ2v) is 7.23. The minimum Gasteiger partial charge on any atom is -0.342 e. The summed E-state index contributed by atoms with van der Waals surface area (Å²) in [5, 5.41) is 1.24. The van der Waals surface area contributed by atoms with Crippen molar-refractivity contribution in [3.8, 4) is 0 Å². The van der Waals surface area contributed by atoms with Crippen molar-refractivity contribution < 1.29 is 4.79 Å². The molecule has 1 fully saturated rings. The second kappa shape index (κ2) is 7.67. The molecule has 0 aromatic heterocycles. The number of amides is 1. The number of benzene rings is 1. The Morgan fingerprint density at radius 2 is 2.14 bits per heavy atom. The summed E-state index contributed by atoms with van der Waals surface area (Å²) < 4.78 is 0. The summed E-state index contributed by atoms with van der Waals surface area (Å²) in [6, 6.07) is 5.57. The van der Waals surface area contributed by atoms with Crippen LogP contribution < -0.4 is 5.73 Å². The number of likely N-dealkylation sites (tertiary alicyclic amines) is 1. The van der Waals surface area contributed by atoms with Crippen molar-refractivity contribution in [2.75, 3.05) is 13.1 Å². The SMILES string of the molecule is CC(Cc1ccc(Cl)cc1Cl)C(=O)N1CCCC(C(C)N)C1. The Labute approximate surface area is 142 Å². The lowest BCUT2D eigenvalue weighted by atomic mass is 9.91. The average molecular weight is 343 g/mol. The molecule has 0 radical (unpaired) electrons. The maximum absolute atomic E-state index is 12.7. The standard InChI is InChI=1S/C17H24Cl2N2O/c1-11(8-13-5-6-15(18)9-16(13)19)17(22)21-7-3-4-14(10-21)12(2)20/h5-6,9,11-12,14H,3-4,7-8,10,20H2,1-2H3. The monoisotopic (exact) mass is 342 g/mol. The van der Waals surface area contributed by atoms with E-state index >= 15 is 0 Å². The predicted molar refractivity (Wildman–Crippen MR) is 92.3 cm³/mol. The molecule has 3 atom stereocenters. The van der Waals surface area contributed by atoms with Crippen LogP contribution in [0, 0.1) is 11.8 Å². The van der Waals surface area contributed by atoms with Gasteiger partial charge in [-0.25, -0.2) is 0 Å². The molecule has 122 valence electrons. The summed E-state index contributed by atoms with van der Waals surface area (Å²) in [7, 11) is 0. The van der Waals surface area contributed by atoms with Crippen LogP contribution in [0.15, 0.2) is 18.2 Å². The number of halogens is 2. The zero-order chi connectivity index (χ0) is 16.3. The van der Waals surface area contributed by atoms with Gasteiger partial charge in [-0.2, -0.15) is 0 Å². The van der Waals surface area contributed by atoms with Gasteiger partial charge in [-0.05, 0) is 49.8 Å². The zero-order valence-electron chi connectivity index (χ0n) is 13.2. The number of carbonyl (C=O) groups is 1. The maximum atomic E-state index is 12.7. The largest absolute Gasteiger partial charge is 0.342 e. The fraction of sp³-hybridized carbons (Fsp3) is 0.588. The molecular weight excluding hydrogens is 319 g/mol. The summed E-state index contributed by atoms with van der Waals surface area (Å²) in [5.41, 5.74) is 6.96. The molecule has 3 unspecified atom stereocenters. The van der Waals surface area contributed by atoms with Gasteiger partial charge in [-0.15, -0.1) is 0 Å². The average Bonchev–Trinajstić information content (AvgIpc) is 2.49. The van der Waals surface area contributed by atoms with Crippen molar-refractivity contribution >= 4 is 29.1 Å². The molecule has 2 N–H and O–H groups in total. The smallest absolute Gasteiger partial charge is 0.225 e. The quantitative estimate of drug-likeness (QED) is 0.905. The minimum atomic E-state index is -0.0921. The van der Waals surface area contributed by atoms with E-state index in [0.29, 0.717) is 22.4 Å². The Hall–Kier alpha value is -0.770. The molecule has 1 heterocycles. The van der Waals surface area contributed by atoms with E-state index in [1.165, 1.54) is 0 Å². The van der Waals surface area contributed by atoms with Crippen molar-refractivity contribution in [1.82, 2.24) is 4.90 Å². The van der Waals surface area contributed by atoms with Crippen LogP contribution in [-0.2, 0) is 11.2 Å². The minimum absolute atomic E-state index is 0.0921. The molecular formula is C17H24Cl2N2O. The third-order valence-electron chi connectivity index (χ3n) is 4.48. The van der Waals surface area contributed by atoms with Crippen LogP contribution in [0.3, 0.4) is 0 Å². The van der Waals surface area contributed by atoms with Gasteiger partial charge in [0.05, 0.1) is 0 Å². The summed E-state index contributed by atoms with van der Waals surface area (Å²) in [5.74, 6) is 0.505. The molecule has 1 amide bonds. The highest BCUT2D eigenvalue weighted by Gasteiger charge is 2.28. The number of nitrogens with two attached hydrogens (primary N) is 1. The zero-order valence-corrected chi connectivity index (χ0v) is 14.7. The van der Waals surface area contributed by atoms with Crippen LogP contribution in [0.2, 0.25) is 10.0 Å². The summed E-state index contributed by atoms with van der Waals surface area (Å²) in [4.78, 5) is 14.6. The molecule has 0 saturated carbocycles. The van der Waals surface area contributed by atoms with Crippen molar-refractivity contribution in [3.05, 3.63) is 33.8 Å². The van der Waals surface area contributed by atoms with E-state index in [2.05, 4.69) is 0 Å². The highest BCUT2D eigenvalue weighted by Crippen LogP contribution is 2.25. The van der Waals surface area contributed by atoms with Crippen molar-refractivity contribution in [2.45, 2.75) is 39.2 Å². The van der Waals surface area contributed by atoms with E-state index in [9.17, 15) is 4.79 Å². The van der Waals surface area contributed by atoms with E-state index < -0.39 is 0 Å². The number of hydrogen-bond donors (Lipinski definition) is 1. The molecule has 1 saturated heterocycles. The van der Waals surface area contributed by atoms with Crippen molar-refractivity contribution in [1.29, 1.82) is 0 Å². The molecule has 1 aliphatic heterocycles. The third kappa shape index (κ3) is 4.37. The molecule has 3 nitrogen and oxygen atoms in total. The van der Waals surface area contributed by atoms with Gasteiger partial charge in [0.2, 0.25) is 5.91 Å². The van der Waals surface area contributed by atoms with Crippen LogP contribution in [0.1, 0.15) is 32.3 Å². The van der Waals surface area contributed by atoms with E-state index in [4.69, 9.17) is 28.9 Å². The highest BCUT2D eigenvalue weighted by molar-refractivity contribution is 6.35. The Balaban J connectivity index is 1.99. The van der Waals surface area contributed by atoms with Gasteiger partial charge >= 0.3 is 0 Å². The van der Waals surface area contributed by atoms with Crippen LogP contribution in [0.25, 0.3) is 0 Å². The van der Waals surface area contributed by atoms with E-state index in [0.717, 1.165) is 31.5 Å². The summed E-state index contributed by atoms with van der Waals surface area (Å²) >= 11 is 12.1. The van der Waals surface area contributed by atoms with Gasteiger partial charge in [-0.3, -0.25) is 4.79 Å². The topological polar surface area (TPSA) is 46.3 Å². The molecule has 1 aromatic rings. The summed E-state index contributed by atoms with van der Waals surface area (Å²) in [6.45, 7) is 5.59. The fourth-order valence-electron chi connectivity index (χ4n) is 3.06. The number of piperidine rings is 1. The Kier molecular flexibility index (Phi) is 6.13. The molecule has 22 heavy (non-hydrogen) atoms. The number of carbonyl (C=O) groups excluding carboxylic acids is 1. The molecule has 1 aromatic carbocycles. The first-order valence-electron chi connectivity index (χ1n) is 7.86. The lowest BCUT2D eigenvalue weighted by molar-refractivity contribution is -0.136. The maximum Gasteiger partial charge on any atom is 0.225 e. The Morgan fingerprint density at radius 1 is 1.41 bits per heavy atom. The van der Waals surface area contributed by atoms with Crippen molar-refractivity contribution in [3.63, 3.8) is 0 Å². The van der Waals surface area contributed by atoms with E-state index in [1.54, 1.807) is 6.07 Å². The summed E-state index contributed by atoms with van der Waals surface area (Å²) in [6.07, 6.45) is 2.78.